The Bertz CT molecular complexity index is 586. The summed E-state index contributed by atoms with van der Waals surface area (Å²) in [6.45, 7) is 2.74. The highest BCUT2D eigenvalue weighted by Crippen LogP contribution is 2.37. The van der Waals surface area contributed by atoms with Gasteiger partial charge in [-0.25, -0.2) is 4.39 Å². The van der Waals surface area contributed by atoms with Gasteiger partial charge in [0.2, 0.25) is 0 Å². The van der Waals surface area contributed by atoms with Gasteiger partial charge in [-0.1, -0.05) is 0 Å². The Hall–Kier alpha value is -1.39. The van der Waals surface area contributed by atoms with E-state index in [1.165, 1.54) is 12.1 Å². The summed E-state index contributed by atoms with van der Waals surface area (Å²) in [6.07, 6.45) is 2.39. The topological polar surface area (TPSA) is 42.6 Å². The number of ether oxygens (including phenoxy) is 1. The molecular formula is C16H19FO3. The standard InChI is InChI=1S/C16H19FO3/c1-2-19-13-5-10(6-13)7-14(18)16-9-11-8-12(17)3-4-15(11)20-16/h3-4,8-10,13-14,18H,2,5-7H2,1H3. The molecule has 1 aromatic heterocycles. The average molecular weight is 278 g/mol. The van der Waals surface area contributed by atoms with Gasteiger partial charge in [-0.3, -0.25) is 0 Å². The minimum absolute atomic E-state index is 0.294. The Morgan fingerprint density at radius 3 is 2.95 bits per heavy atom. The van der Waals surface area contributed by atoms with Gasteiger partial charge in [-0.05, 0) is 56.4 Å². The molecule has 0 radical (unpaired) electrons. The molecule has 108 valence electrons. The van der Waals surface area contributed by atoms with Gasteiger partial charge in [0.05, 0.1) is 6.10 Å². The van der Waals surface area contributed by atoms with Crippen LogP contribution in [0.3, 0.4) is 0 Å². The van der Waals surface area contributed by atoms with Crippen LogP contribution in [0.1, 0.15) is 38.1 Å². The zero-order valence-corrected chi connectivity index (χ0v) is 11.5. The van der Waals surface area contributed by atoms with Crippen molar-refractivity contribution < 1.29 is 18.7 Å². The molecular weight excluding hydrogens is 259 g/mol. The lowest BCUT2D eigenvalue weighted by Gasteiger charge is -2.35. The summed E-state index contributed by atoms with van der Waals surface area (Å²) >= 11 is 0. The van der Waals surface area contributed by atoms with Crippen molar-refractivity contribution >= 4 is 11.0 Å². The zero-order chi connectivity index (χ0) is 14.1. The van der Waals surface area contributed by atoms with Crippen molar-refractivity contribution in [1.29, 1.82) is 0 Å². The second kappa shape index (κ2) is 5.54. The molecule has 4 heteroatoms. The maximum atomic E-state index is 13.1. The third-order valence-corrected chi connectivity index (χ3v) is 3.98. The van der Waals surface area contributed by atoms with Gasteiger partial charge in [0.15, 0.2) is 0 Å². The molecule has 3 rings (SSSR count). The van der Waals surface area contributed by atoms with E-state index in [2.05, 4.69) is 0 Å². The smallest absolute Gasteiger partial charge is 0.134 e. The van der Waals surface area contributed by atoms with Gasteiger partial charge in [-0.2, -0.15) is 0 Å². The Balaban J connectivity index is 1.63. The molecule has 1 saturated carbocycles. The summed E-state index contributed by atoms with van der Waals surface area (Å²) in [7, 11) is 0. The highest BCUT2D eigenvalue weighted by Gasteiger charge is 2.32. The fourth-order valence-electron chi connectivity index (χ4n) is 2.87. The van der Waals surface area contributed by atoms with Crippen LogP contribution in [0, 0.1) is 11.7 Å². The third-order valence-electron chi connectivity index (χ3n) is 3.98. The van der Waals surface area contributed by atoms with Crippen LogP contribution in [0.25, 0.3) is 11.0 Å². The zero-order valence-electron chi connectivity index (χ0n) is 11.5. The van der Waals surface area contributed by atoms with Crippen molar-refractivity contribution in [2.75, 3.05) is 6.61 Å². The van der Waals surface area contributed by atoms with Crippen molar-refractivity contribution in [2.24, 2.45) is 5.92 Å². The van der Waals surface area contributed by atoms with Gasteiger partial charge < -0.3 is 14.3 Å². The molecule has 20 heavy (non-hydrogen) atoms. The molecule has 1 N–H and O–H groups in total. The van der Waals surface area contributed by atoms with E-state index < -0.39 is 6.10 Å². The van der Waals surface area contributed by atoms with E-state index in [1.807, 2.05) is 6.92 Å². The number of aliphatic hydroxyl groups excluding tert-OH is 1. The number of furan rings is 1. The molecule has 1 atom stereocenters. The average Bonchev–Trinajstić information content (AvgIpc) is 2.79. The quantitative estimate of drug-likeness (QED) is 0.904. The van der Waals surface area contributed by atoms with Crippen LogP contribution in [-0.2, 0) is 4.74 Å². The summed E-state index contributed by atoms with van der Waals surface area (Å²) in [5.74, 6) is 0.704. The minimum atomic E-state index is -0.627. The van der Waals surface area contributed by atoms with Crippen LogP contribution in [0.15, 0.2) is 28.7 Å². The van der Waals surface area contributed by atoms with Gasteiger partial charge in [0, 0.05) is 12.0 Å². The van der Waals surface area contributed by atoms with Gasteiger partial charge in [-0.15, -0.1) is 0 Å². The maximum Gasteiger partial charge on any atom is 0.134 e. The van der Waals surface area contributed by atoms with Crippen molar-refractivity contribution in [3.63, 3.8) is 0 Å². The molecule has 1 aliphatic carbocycles. The molecule has 0 bridgehead atoms. The number of hydrogen-bond acceptors (Lipinski definition) is 3. The normalized spacial score (nSPS) is 23.8. The van der Waals surface area contributed by atoms with Crippen LogP contribution >= 0.6 is 0 Å². The highest BCUT2D eigenvalue weighted by molar-refractivity contribution is 5.77. The van der Waals surface area contributed by atoms with Crippen LogP contribution in [0.5, 0.6) is 0 Å². The van der Waals surface area contributed by atoms with Crippen molar-refractivity contribution in [3.8, 4) is 0 Å². The first kappa shape index (κ1) is 13.6. The first-order valence-corrected chi connectivity index (χ1v) is 7.14. The molecule has 1 heterocycles. The van der Waals surface area contributed by atoms with E-state index in [9.17, 15) is 9.50 Å². The fourth-order valence-corrected chi connectivity index (χ4v) is 2.87. The van der Waals surface area contributed by atoms with E-state index >= 15 is 0 Å². The largest absolute Gasteiger partial charge is 0.458 e. The van der Waals surface area contributed by atoms with Gasteiger partial charge in [0.1, 0.15) is 23.3 Å². The van der Waals surface area contributed by atoms with Crippen LogP contribution in [-0.4, -0.2) is 17.8 Å². The number of halogens is 1. The molecule has 1 aromatic carbocycles. The second-order valence-electron chi connectivity index (χ2n) is 5.50. The summed E-state index contributed by atoms with van der Waals surface area (Å²) in [4.78, 5) is 0. The van der Waals surface area contributed by atoms with Crippen LogP contribution in [0.4, 0.5) is 4.39 Å². The van der Waals surface area contributed by atoms with Gasteiger partial charge in [0.25, 0.3) is 0 Å². The third kappa shape index (κ3) is 2.72. The van der Waals surface area contributed by atoms with E-state index in [0.717, 1.165) is 19.4 Å². The first-order valence-electron chi connectivity index (χ1n) is 7.14. The predicted molar refractivity (Wildman–Crippen MR) is 73.9 cm³/mol. The second-order valence-corrected chi connectivity index (χ2v) is 5.50. The molecule has 0 amide bonds. The molecule has 3 nitrogen and oxygen atoms in total. The van der Waals surface area contributed by atoms with Crippen LogP contribution in [0.2, 0.25) is 0 Å². The molecule has 0 aliphatic heterocycles. The first-order chi connectivity index (χ1) is 9.65. The van der Waals surface area contributed by atoms with E-state index in [4.69, 9.17) is 9.15 Å². The van der Waals surface area contributed by atoms with Gasteiger partial charge >= 0.3 is 0 Å². The number of benzene rings is 1. The van der Waals surface area contributed by atoms with E-state index in [0.29, 0.717) is 35.2 Å². The van der Waals surface area contributed by atoms with Crippen molar-refractivity contribution in [2.45, 2.75) is 38.4 Å². The van der Waals surface area contributed by atoms with E-state index in [-0.39, 0.29) is 5.82 Å². The molecule has 0 saturated heterocycles. The number of fused-ring (bicyclic) bond motifs is 1. The fraction of sp³-hybridized carbons (Fsp3) is 0.500. The summed E-state index contributed by atoms with van der Waals surface area (Å²) in [6, 6.07) is 6.10. The Morgan fingerprint density at radius 2 is 2.20 bits per heavy atom. The lowest BCUT2D eigenvalue weighted by molar-refractivity contribution is -0.0396. The molecule has 1 fully saturated rings. The summed E-state index contributed by atoms with van der Waals surface area (Å²) in [5, 5.41) is 10.9. The Labute approximate surface area is 117 Å². The number of rotatable bonds is 5. The molecule has 1 unspecified atom stereocenters. The van der Waals surface area contributed by atoms with Crippen molar-refractivity contribution in [3.05, 3.63) is 35.8 Å². The lowest BCUT2D eigenvalue weighted by Crippen LogP contribution is -2.32. The summed E-state index contributed by atoms with van der Waals surface area (Å²) in [5.41, 5.74) is 0.612. The number of aliphatic hydroxyl groups is 1. The highest BCUT2D eigenvalue weighted by atomic mass is 19.1. The Kier molecular flexibility index (Phi) is 3.76. The minimum Gasteiger partial charge on any atom is -0.458 e. The van der Waals surface area contributed by atoms with Crippen LogP contribution < -0.4 is 0 Å². The molecule has 2 aromatic rings. The van der Waals surface area contributed by atoms with Crippen molar-refractivity contribution in [1.82, 2.24) is 0 Å². The summed E-state index contributed by atoms with van der Waals surface area (Å²) < 4.78 is 24.2. The lowest BCUT2D eigenvalue weighted by atomic mass is 9.78. The maximum absolute atomic E-state index is 13.1. The monoisotopic (exact) mass is 278 g/mol. The van der Waals surface area contributed by atoms with E-state index in [1.54, 1.807) is 12.1 Å². The molecule has 0 spiro atoms. The molecule has 1 aliphatic rings. The Morgan fingerprint density at radius 1 is 1.40 bits per heavy atom. The predicted octanol–water partition coefficient (Wildman–Crippen LogP) is 3.81. The number of hydrogen-bond donors (Lipinski definition) is 1. The SMILES string of the molecule is CCOC1CC(CC(O)c2cc3cc(F)ccc3o2)C1.